The van der Waals surface area contributed by atoms with Crippen LogP contribution < -0.4 is 10.8 Å². The van der Waals surface area contributed by atoms with E-state index < -0.39 is 5.60 Å². The summed E-state index contributed by atoms with van der Waals surface area (Å²) < 4.78 is 5.49. The average Bonchev–Trinajstić information content (AvgIpc) is 2.76. The second-order valence-corrected chi connectivity index (χ2v) is 7.65. The number of rotatable bonds is 0. The van der Waals surface area contributed by atoms with Crippen LogP contribution in [-0.2, 0) is 10.2 Å². The van der Waals surface area contributed by atoms with Crippen molar-refractivity contribution >= 4 is 25.1 Å². The molecular formula is C17H25BN2O2. The van der Waals surface area contributed by atoms with Crippen molar-refractivity contribution in [1.29, 1.82) is 0 Å². The smallest absolute Gasteiger partial charge is 0.410 e. The predicted octanol–water partition coefficient (Wildman–Crippen LogP) is 1.64. The summed E-state index contributed by atoms with van der Waals surface area (Å²) in [4.78, 5) is 14.1. The fourth-order valence-corrected chi connectivity index (χ4v) is 3.50. The van der Waals surface area contributed by atoms with E-state index in [1.165, 1.54) is 16.7 Å². The molecule has 1 N–H and O–H groups in total. The normalized spacial score (nSPS) is 19.7. The van der Waals surface area contributed by atoms with Crippen molar-refractivity contribution in [2.45, 2.75) is 44.6 Å². The quantitative estimate of drug-likeness (QED) is 0.741. The van der Waals surface area contributed by atoms with Gasteiger partial charge in [0.25, 0.3) is 0 Å². The molecule has 118 valence electrons. The highest BCUT2D eigenvalue weighted by Crippen LogP contribution is 2.43. The third-order valence-corrected chi connectivity index (χ3v) is 4.74. The van der Waals surface area contributed by atoms with Gasteiger partial charge in [-0.15, -0.1) is 0 Å². The van der Waals surface area contributed by atoms with Crippen molar-refractivity contribution in [2.24, 2.45) is 0 Å². The van der Waals surface area contributed by atoms with Crippen LogP contribution >= 0.6 is 0 Å². The van der Waals surface area contributed by atoms with Crippen LogP contribution in [-0.4, -0.2) is 44.1 Å². The third kappa shape index (κ3) is 2.81. The summed E-state index contributed by atoms with van der Waals surface area (Å²) in [6.45, 7) is 8.25. The fourth-order valence-electron chi connectivity index (χ4n) is 3.50. The first-order valence-corrected chi connectivity index (χ1v) is 8.12. The molecule has 2 aliphatic heterocycles. The molecular weight excluding hydrogens is 275 g/mol. The molecule has 1 fully saturated rings. The number of nitrogens with one attached hydrogen (secondary N) is 1. The number of anilines is 1. The molecule has 0 saturated carbocycles. The van der Waals surface area contributed by atoms with Crippen LogP contribution in [0.4, 0.5) is 10.5 Å². The lowest BCUT2D eigenvalue weighted by Crippen LogP contribution is -2.47. The van der Waals surface area contributed by atoms with Gasteiger partial charge in [-0.25, -0.2) is 4.79 Å². The first-order valence-electron chi connectivity index (χ1n) is 8.12. The van der Waals surface area contributed by atoms with Gasteiger partial charge < -0.3 is 15.0 Å². The van der Waals surface area contributed by atoms with Crippen molar-refractivity contribution < 1.29 is 9.53 Å². The van der Waals surface area contributed by atoms with Crippen LogP contribution in [0.5, 0.6) is 0 Å². The van der Waals surface area contributed by atoms with Gasteiger partial charge in [-0.1, -0.05) is 17.6 Å². The van der Waals surface area contributed by atoms with E-state index in [-0.39, 0.29) is 11.5 Å². The van der Waals surface area contributed by atoms with Gasteiger partial charge in [0.1, 0.15) is 13.4 Å². The zero-order valence-corrected chi connectivity index (χ0v) is 14.0. The van der Waals surface area contributed by atoms with Crippen LogP contribution in [0.2, 0.25) is 0 Å². The van der Waals surface area contributed by atoms with Gasteiger partial charge in [0.15, 0.2) is 0 Å². The third-order valence-electron chi connectivity index (χ3n) is 4.74. The molecule has 0 bridgehead atoms. The molecule has 2 aliphatic rings. The lowest BCUT2D eigenvalue weighted by molar-refractivity contribution is 0.0172. The van der Waals surface area contributed by atoms with E-state index in [2.05, 4.69) is 31.4 Å². The molecule has 0 atom stereocenters. The number of ether oxygens (including phenoxy) is 1. The van der Waals surface area contributed by atoms with Crippen molar-refractivity contribution in [3.05, 3.63) is 23.8 Å². The minimum atomic E-state index is -0.426. The molecule has 2 heterocycles. The Morgan fingerprint density at radius 3 is 2.64 bits per heavy atom. The number of amides is 1. The van der Waals surface area contributed by atoms with E-state index >= 15 is 0 Å². The van der Waals surface area contributed by atoms with Crippen LogP contribution in [0.25, 0.3) is 0 Å². The Hall–Kier alpha value is -1.65. The summed E-state index contributed by atoms with van der Waals surface area (Å²) in [5.41, 5.74) is 3.74. The monoisotopic (exact) mass is 300 g/mol. The molecule has 0 aliphatic carbocycles. The van der Waals surface area contributed by atoms with Crippen molar-refractivity contribution in [2.75, 3.05) is 25.0 Å². The Kier molecular flexibility index (Phi) is 3.62. The number of benzene rings is 1. The number of hydrogen-bond donors (Lipinski definition) is 1. The number of carbonyl (C=O) groups excluding carboxylic acids is 1. The van der Waals surface area contributed by atoms with Gasteiger partial charge in [-0.3, -0.25) is 0 Å². The maximum atomic E-state index is 12.2. The number of nitrogens with zero attached hydrogens (tertiary/aromatic N) is 1. The van der Waals surface area contributed by atoms with Gasteiger partial charge in [0.2, 0.25) is 0 Å². The first kappa shape index (κ1) is 15.3. The molecule has 1 aromatic carbocycles. The predicted molar refractivity (Wildman–Crippen MR) is 91.8 cm³/mol. The highest BCUT2D eigenvalue weighted by atomic mass is 16.6. The number of hydrogen-bond acceptors (Lipinski definition) is 3. The molecule has 0 unspecified atom stereocenters. The minimum absolute atomic E-state index is 0.180. The van der Waals surface area contributed by atoms with Gasteiger partial charge in [0, 0.05) is 30.7 Å². The number of piperidine rings is 1. The number of likely N-dealkylation sites (tertiary alicyclic amines) is 1. The van der Waals surface area contributed by atoms with E-state index in [9.17, 15) is 4.79 Å². The average molecular weight is 300 g/mol. The van der Waals surface area contributed by atoms with E-state index in [1.54, 1.807) is 0 Å². The Morgan fingerprint density at radius 2 is 2.00 bits per heavy atom. The highest BCUT2D eigenvalue weighted by molar-refractivity contribution is 6.32. The zero-order valence-electron chi connectivity index (χ0n) is 14.0. The molecule has 1 saturated heterocycles. The van der Waals surface area contributed by atoms with E-state index in [4.69, 9.17) is 4.74 Å². The fraction of sp³-hybridized carbons (Fsp3) is 0.588. The molecule has 0 aromatic heterocycles. The minimum Gasteiger partial charge on any atom is -0.444 e. The summed E-state index contributed by atoms with van der Waals surface area (Å²) in [5.74, 6) is 0. The summed E-state index contributed by atoms with van der Waals surface area (Å²) in [6.07, 6.45) is 1.81. The van der Waals surface area contributed by atoms with E-state index in [0.29, 0.717) is 0 Å². The van der Waals surface area contributed by atoms with Crippen molar-refractivity contribution in [3.63, 3.8) is 0 Å². The summed E-state index contributed by atoms with van der Waals surface area (Å²) >= 11 is 0. The SMILES string of the molecule is Bc1ccc2c(c1)C1(CCN(C(=O)OC(C)(C)C)CC1)CN2. The Balaban J connectivity index is 1.71. The lowest BCUT2D eigenvalue weighted by atomic mass is 9.73. The molecule has 1 spiro atoms. The number of carbonyl (C=O) groups is 1. The van der Waals surface area contributed by atoms with Crippen LogP contribution in [0.1, 0.15) is 39.2 Å². The van der Waals surface area contributed by atoms with E-state index in [1.807, 2.05) is 25.7 Å². The van der Waals surface area contributed by atoms with Gasteiger partial charge in [-0.2, -0.15) is 0 Å². The maximum Gasteiger partial charge on any atom is 0.410 e. The molecule has 3 rings (SSSR count). The largest absolute Gasteiger partial charge is 0.444 e. The van der Waals surface area contributed by atoms with Gasteiger partial charge in [-0.05, 0) is 45.2 Å². The molecule has 22 heavy (non-hydrogen) atoms. The Labute approximate surface area is 133 Å². The topological polar surface area (TPSA) is 41.6 Å². The van der Waals surface area contributed by atoms with Crippen molar-refractivity contribution in [1.82, 2.24) is 4.90 Å². The molecule has 1 amide bonds. The molecule has 0 radical (unpaired) electrons. The first-order chi connectivity index (χ1) is 10.3. The summed E-state index contributed by atoms with van der Waals surface area (Å²) in [7, 11) is 2.14. The second-order valence-electron chi connectivity index (χ2n) is 7.65. The Morgan fingerprint density at radius 1 is 1.32 bits per heavy atom. The second kappa shape index (κ2) is 5.22. The number of fused-ring (bicyclic) bond motifs is 2. The van der Waals surface area contributed by atoms with Gasteiger partial charge in [0.05, 0.1) is 0 Å². The summed E-state index contributed by atoms with van der Waals surface area (Å²) in [6, 6.07) is 6.64. The highest BCUT2D eigenvalue weighted by Gasteiger charge is 2.42. The standard InChI is InChI=1S/C17H25BN2O2/c1-16(2,3)22-15(21)20-8-6-17(7-9-20)11-19-14-5-4-12(18)10-13(14)17/h4-5,10,19H,6-9,11,18H2,1-3H3. The zero-order chi connectivity index (χ0) is 16.0. The van der Waals surface area contributed by atoms with Crippen molar-refractivity contribution in [3.8, 4) is 0 Å². The van der Waals surface area contributed by atoms with Gasteiger partial charge >= 0.3 is 6.09 Å². The molecule has 5 heteroatoms. The molecule has 1 aromatic rings. The van der Waals surface area contributed by atoms with Crippen LogP contribution in [0.3, 0.4) is 0 Å². The van der Waals surface area contributed by atoms with E-state index in [0.717, 1.165) is 32.5 Å². The van der Waals surface area contributed by atoms with Crippen LogP contribution in [0.15, 0.2) is 18.2 Å². The Bertz CT molecular complexity index is 587. The summed E-state index contributed by atoms with van der Waals surface area (Å²) in [5, 5.41) is 3.54. The van der Waals surface area contributed by atoms with Crippen LogP contribution in [0, 0.1) is 0 Å². The lowest BCUT2D eigenvalue weighted by Gasteiger charge is -2.39. The maximum absolute atomic E-state index is 12.2. The molecule has 4 nitrogen and oxygen atoms in total.